The lowest BCUT2D eigenvalue weighted by molar-refractivity contribution is -0.148. The summed E-state index contributed by atoms with van der Waals surface area (Å²) in [4.78, 5) is 73.9. The van der Waals surface area contributed by atoms with E-state index in [1.165, 1.54) is 48.5 Å². The maximum atomic E-state index is 12.5. The number of aliphatic hydroxyl groups is 3. The van der Waals surface area contributed by atoms with E-state index < -0.39 is 52.1 Å². The van der Waals surface area contributed by atoms with Crippen LogP contribution in [0.1, 0.15) is 108 Å². The first kappa shape index (κ1) is 43.5. The third kappa shape index (κ3) is 14.5. The van der Waals surface area contributed by atoms with Gasteiger partial charge in [0, 0.05) is 23.7 Å². The Morgan fingerprint density at radius 1 is 0.500 bits per heavy atom. The minimum absolute atomic E-state index is 0.0108. The molecule has 3 N–H and O–H groups in total. The van der Waals surface area contributed by atoms with Crippen LogP contribution in [-0.2, 0) is 33.3 Å². The highest BCUT2D eigenvalue weighted by atomic mass is 16.6. The topological polar surface area (TPSA) is 209 Å². The van der Waals surface area contributed by atoms with Crippen molar-refractivity contribution in [1.29, 1.82) is 0 Å². The SMILES string of the molecule is CCC(CO)(CO)COC(=O)c1ccc(C(=O)OC(=O)CCCCC(=O)OCC(C)(C)COC(=O)c2ccc(C(=O)OCC(C)(C)CO)cc2)cc1. The zero-order valence-corrected chi connectivity index (χ0v) is 30.4. The van der Waals surface area contributed by atoms with Crippen molar-refractivity contribution in [1.82, 2.24) is 0 Å². The molecule has 52 heavy (non-hydrogen) atoms. The van der Waals surface area contributed by atoms with Crippen molar-refractivity contribution in [3.63, 3.8) is 0 Å². The summed E-state index contributed by atoms with van der Waals surface area (Å²) in [7, 11) is 0. The van der Waals surface area contributed by atoms with Crippen molar-refractivity contribution < 1.29 is 67.8 Å². The number of hydrogen-bond donors (Lipinski definition) is 3. The summed E-state index contributed by atoms with van der Waals surface area (Å²) in [5.74, 6) is -4.12. The van der Waals surface area contributed by atoms with Gasteiger partial charge >= 0.3 is 35.8 Å². The molecule has 2 aromatic carbocycles. The Morgan fingerprint density at radius 3 is 1.27 bits per heavy atom. The van der Waals surface area contributed by atoms with Gasteiger partial charge < -0.3 is 39.0 Å². The molecule has 0 aliphatic heterocycles. The van der Waals surface area contributed by atoms with Gasteiger partial charge in [0.25, 0.3) is 0 Å². The van der Waals surface area contributed by atoms with Gasteiger partial charge in [-0.1, -0.05) is 34.6 Å². The molecule has 0 amide bonds. The number of aliphatic hydroxyl groups excluding tert-OH is 3. The molecule has 0 saturated carbocycles. The predicted octanol–water partition coefficient (Wildman–Crippen LogP) is 4.07. The van der Waals surface area contributed by atoms with Crippen LogP contribution < -0.4 is 0 Å². The van der Waals surface area contributed by atoms with E-state index >= 15 is 0 Å². The first-order chi connectivity index (χ1) is 24.5. The van der Waals surface area contributed by atoms with E-state index in [2.05, 4.69) is 0 Å². The molecular formula is C38H50O14. The van der Waals surface area contributed by atoms with Crippen LogP contribution in [0.15, 0.2) is 48.5 Å². The summed E-state index contributed by atoms with van der Waals surface area (Å²) in [6.45, 7) is 7.66. The average Bonchev–Trinajstić information content (AvgIpc) is 3.14. The number of carbonyl (C=O) groups excluding carboxylic acids is 6. The van der Waals surface area contributed by atoms with Gasteiger partial charge in [-0.15, -0.1) is 0 Å². The first-order valence-corrected chi connectivity index (χ1v) is 16.9. The summed E-state index contributed by atoms with van der Waals surface area (Å²) in [6.07, 6.45) is 0.833. The third-order valence-corrected chi connectivity index (χ3v) is 8.10. The Hall–Kier alpha value is -4.66. The van der Waals surface area contributed by atoms with Crippen molar-refractivity contribution >= 4 is 35.8 Å². The fourth-order valence-corrected chi connectivity index (χ4v) is 4.13. The molecular weight excluding hydrogens is 680 g/mol. The molecule has 2 rings (SSSR count). The molecule has 0 aromatic heterocycles. The number of unbranched alkanes of at least 4 members (excludes halogenated alkanes) is 1. The van der Waals surface area contributed by atoms with Gasteiger partial charge in [0.1, 0.15) is 6.61 Å². The van der Waals surface area contributed by atoms with E-state index in [9.17, 15) is 44.1 Å². The highest BCUT2D eigenvalue weighted by Gasteiger charge is 2.29. The Kier molecular flexibility index (Phi) is 17.1. The minimum atomic E-state index is -0.950. The van der Waals surface area contributed by atoms with E-state index in [4.69, 9.17) is 23.7 Å². The highest BCUT2D eigenvalue weighted by molar-refractivity contribution is 5.98. The summed E-state index contributed by atoms with van der Waals surface area (Å²) < 4.78 is 26.0. The van der Waals surface area contributed by atoms with Crippen LogP contribution in [0.2, 0.25) is 0 Å². The van der Waals surface area contributed by atoms with Crippen molar-refractivity contribution in [2.75, 3.05) is 46.2 Å². The molecule has 0 aliphatic carbocycles. The first-order valence-electron chi connectivity index (χ1n) is 16.9. The number of hydrogen-bond acceptors (Lipinski definition) is 14. The highest BCUT2D eigenvalue weighted by Crippen LogP contribution is 2.22. The fourth-order valence-electron chi connectivity index (χ4n) is 4.13. The van der Waals surface area contributed by atoms with Gasteiger partial charge in [0.2, 0.25) is 0 Å². The summed E-state index contributed by atoms with van der Waals surface area (Å²) in [6, 6.07) is 11.0. The monoisotopic (exact) mass is 730 g/mol. The standard InChI is InChI=1S/C38H50O14/c1-6-38(20-40,21-41)25-51-34(46)28-15-17-29(18-16-28)35(47)52-31(43)10-8-7-9-30(42)48-23-37(4,5)24-50-33(45)27-13-11-26(12-14-27)32(44)49-22-36(2,3)19-39/h11-18,39-41H,6-10,19-25H2,1-5H3. The second-order valence-electron chi connectivity index (χ2n) is 14.2. The predicted molar refractivity (Wildman–Crippen MR) is 185 cm³/mol. The summed E-state index contributed by atoms with van der Waals surface area (Å²) in [5, 5.41) is 28.3. The van der Waals surface area contributed by atoms with Crippen LogP contribution in [0.4, 0.5) is 0 Å². The van der Waals surface area contributed by atoms with E-state index in [0.717, 1.165) is 0 Å². The molecule has 14 nitrogen and oxygen atoms in total. The van der Waals surface area contributed by atoms with Gasteiger partial charge in [-0.2, -0.15) is 0 Å². The molecule has 0 unspecified atom stereocenters. The quantitative estimate of drug-likeness (QED) is 0.0716. The maximum Gasteiger partial charge on any atom is 0.345 e. The van der Waals surface area contributed by atoms with Crippen molar-refractivity contribution in [2.45, 2.75) is 66.7 Å². The number of ether oxygens (including phenoxy) is 5. The minimum Gasteiger partial charge on any atom is -0.465 e. The van der Waals surface area contributed by atoms with Crippen LogP contribution in [0.5, 0.6) is 0 Å². The zero-order valence-electron chi connectivity index (χ0n) is 30.4. The lowest BCUT2D eigenvalue weighted by atomic mass is 9.88. The number of esters is 6. The fraction of sp³-hybridized carbons (Fsp3) is 0.526. The van der Waals surface area contributed by atoms with Crippen molar-refractivity contribution in [3.05, 3.63) is 70.8 Å². The molecule has 14 heteroatoms. The Balaban J connectivity index is 1.68. The largest absolute Gasteiger partial charge is 0.465 e. The van der Waals surface area contributed by atoms with Gasteiger partial charge in [-0.05, 0) is 67.8 Å². The Morgan fingerprint density at radius 2 is 0.865 bits per heavy atom. The van der Waals surface area contributed by atoms with Crippen LogP contribution >= 0.6 is 0 Å². The third-order valence-electron chi connectivity index (χ3n) is 8.10. The molecule has 0 heterocycles. The van der Waals surface area contributed by atoms with E-state index in [0.29, 0.717) is 12.8 Å². The number of benzene rings is 2. The molecule has 0 aliphatic rings. The van der Waals surface area contributed by atoms with E-state index in [-0.39, 0.29) is 87.8 Å². The number of carbonyl (C=O) groups is 6. The van der Waals surface area contributed by atoms with Gasteiger partial charge in [0.05, 0.1) is 67.3 Å². The molecule has 0 radical (unpaired) electrons. The number of rotatable bonds is 21. The molecule has 0 saturated heterocycles. The summed E-state index contributed by atoms with van der Waals surface area (Å²) in [5.41, 5.74) is -1.61. The Bertz CT molecular complexity index is 1500. The molecule has 286 valence electrons. The van der Waals surface area contributed by atoms with E-state index in [1.807, 2.05) is 0 Å². The van der Waals surface area contributed by atoms with Gasteiger partial charge in [0.15, 0.2) is 0 Å². The van der Waals surface area contributed by atoms with Crippen molar-refractivity contribution in [2.24, 2.45) is 16.2 Å². The van der Waals surface area contributed by atoms with Crippen LogP contribution in [0.3, 0.4) is 0 Å². The van der Waals surface area contributed by atoms with Crippen LogP contribution in [0.25, 0.3) is 0 Å². The van der Waals surface area contributed by atoms with Crippen molar-refractivity contribution in [3.8, 4) is 0 Å². The zero-order chi connectivity index (χ0) is 39.0. The smallest absolute Gasteiger partial charge is 0.345 e. The van der Waals surface area contributed by atoms with Gasteiger partial charge in [-0.3, -0.25) is 9.59 Å². The molecule has 2 aromatic rings. The van der Waals surface area contributed by atoms with Crippen LogP contribution in [0, 0.1) is 16.2 Å². The second-order valence-corrected chi connectivity index (χ2v) is 14.2. The summed E-state index contributed by atoms with van der Waals surface area (Å²) >= 11 is 0. The lowest BCUT2D eigenvalue weighted by Crippen LogP contribution is -2.35. The Labute approximate surface area is 303 Å². The van der Waals surface area contributed by atoms with Gasteiger partial charge in [-0.25, -0.2) is 19.2 Å². The normalized spacial score (nSPS) is 11.7. The maximum absolute atomic E-state index is 12.5. The van der Waals surface area contributed by atoms with Crippen LogP contribution in [-0.4, -0.2) is 97.4 Å². The lowest BCUT2D eigenvalue weighted by Gasteiger charge is -2.27. The molecule has 0 fully saturated rings. The molecule has 0 bridgehead atoms. The molecule has 0 atom stereocenters. The average molecular weight is 731 g/mol. The second kappa shape index (κ2) is 20.4. The molecule has 0 spiro atoms. The van der Waals surface area contributed by atoms with E-state index in [1.54, 1.807) is 34.6 Å².